The third kappa shape index (κ3) is 1.73. The van der Waals surface area contributed by atoms with Gasteiger partial charge in [0.2, 0.25) is 0 Å². The van der Waals surface area contributed by atoms with Crippen LogP contribution in [0.2, 0.25) is 0 Å². The largest absolute Gasteiger partial charge is 0.394 e. The molecule has 0 aromatic carbocycles. The first kappa shape index (κ1) is 13.1. The van der Waals surface area contributed by atoms with Crippen molar-refractivity contribution in [2.45, 2.75) is 31.5 Å². The molecule has 0 unspecified atom stereocenters. The quantitative estimate of drug-likeness (QED) is 0.470. The maximum Gasteiger partial charge on any atom is 0.295 e. The normalized spacial score (nSPS) is 30.2. The standard InChI is InChI=1S/C10H13N5O5/c1-3-11-5-8(12-14-13-9(5)19)15(3)10-7(18)6(17)4(2-16)20-10/h4,6-7,10,16-18H,2H2,1H3,(H,12,13,19)/t4-,6-,7-,10-/m1/s1. The summed E-state index contributed by atoms with van der Waals surface area (Å²) in [6, 6.07) is 0. The lowest BCUT2D eigenvalue weighted by molar-refractivity contribution is -0.0520. The minimum Gasteiger partial charge on any atom is -0.394 e. The SMILES string of the molecule is Cc1nc2c(=O)[nH]nnc2n1[C@@H]1O[C@H](CO)[C@@H](O)[C@H]1O. The zero-order valence-electron chi connectivity index (χ0n) is 10.5. The number of nitrogens with zero attached hydrogens (tertiary/aromatic N) is 4. The van der Waals surface area contributed by atoms with E-state index in [1.54, 1.807) is 6.92 Å². The molecular weight excluding hydrogens is 270 g/mol. The van der Waals surface area contributed by atoms with Crippen LogP contribution < -0.4 is 5.56 Å². The molecule has 3 rings (SSSR count). The number of aromatic amines is 1. The number of aliphatic hydroxyl groups is 3. The van der Waals surface area contributed by atoms with Gasteiger partial charge in [0.05, 0.1) is 6.61 Å². The average molecular weight is 283 g/mol. The molecule has 0 saturated carbocycles. The summed E-state index contributed by atoms with van der Waals surface area (Å²) in [5.74, 6) is 0.376. The fourth-order valence-electron chi connectivity index (χ4n) is 2.35. The summed E-state index contributed by atoms with van der Waals surface area (Å²) < 4.78 is 6.78. The van der Waals surface area contributed by atoms with Gasteiger partial charge in [-0.05, 0) is 6.92 Å². The van der Waals surface area contributed by atoms with E-state index in [-0.39, 0.29) is 11.2 Å². The number of nitrogens with one attached hydrogen (secondary N) is 1. The Bertz CT molecular complexity index is 697. The molecule has 3 heterocycles. The van der Waals surface area contributed by atoms with Crippen LogP contribution in [0, 0.1) is 6.92 Å². The minimum atomic E-state index is -1.27. The van der Waals surface area contributed by atoms with Crippen LogP contribution in [0.4, 0.5) is 0 Å². The first-order valence-corrected chi connectivity index (χ1v) is 5.97. The zero-order chi connectivity index (χ0) is 14.4. The van der Waals surface area contributed by atoms with E-state index in [0.717, 1.165) is 0 Å². The summed E-state index contributed by atoms with van der Waals surface area (Å²) in [6.45, 7) is 1.17. The van der Waals surface area contributed by atoms with Crippen LogP contribution in [0.15, 0.2) is 4.79 Å². The Morgan fingerprint density at radius 1 is 1.40 bits per heavy atom. The lowest BCUT2D eigenvalue weighted by atomic mass is 10.1. The first-order chi connectivity index (χ1) is 9.54. The molecule has 1 aliphatic rings. The predicted octanol–water partition coefficient (Wildman–Crippen LogP) is -2.57. The lowest BCUT2D eigenvalue weighted by Gasteiger charge is -2.17. The van der Waals surface area contributed by atoms with Gasteiger partial charge in [0.15, 0.2) is 17.4 Å². The van der Waals surface area contributed by atoms with Crippen LogP contribution in [0.25, 0.3) is 11.2 Å². The molecule has 4 atom stereocenters. The van der Waals surface area contributed by atoms with Crippen LogP contribution in [0.1, 0.15) is 12.1 Å². The van der Waals surface area contributed by atoms with E-state index in [1.165, 1.54) is 4.57 Å². The van der Waals surface area contributed by atoms with Gasteiger partial charge in [0.1, 0.15) is 24.1 Å². The number of fused-ring (bicyclic) bond motifs is 1. The monoisotopic (exact) mass is 283 g/mol. The topological polar surface area (TPSA) is 146 Å². The van der Waals surface area contributed by atoms with Gasteiger partial charge in [0, 0.05) is 0 Å². The van der Waals surface area contributed by atoms with Crippen molar-refractivity contribution in [2.75, 3.05) is 6.61 Å². The number of H-pyrrole nitrogens is 1. The fourth-order valence-corrected chi connectivity index (χ4v) is 2.35. The van der Waals surface area contributed by atoms with Crippen molar-refractivity contribution in [1.29, 1.82) is 0 Å². The van der Waals surface area contributed by atoms with E-state index in [2.05, 4.69) is 20.4 Å². The van der Waals surface area contributed by atoms with Gasteiger partial charge >= 0.3 is 0 Å². The van der Waals surface area contributed by atoms with Crippen LogP contribution in [-0.4, -0.2) is 65.2 Å². The highest BCUT2D eigenvalue weighted by Gasteiger charge is 2.44. The molecule has 10 nitrogen and oxygen atoms in total. The van der Waals surface area contributed by atoms with Gasteiger partial charge in [-0.25, -0.2) is 10.1 Å². The van der Waals surface area contributed by atoms with E-state index in [1.807, 2.05) is 0 Å². The van der Waals surface area contributed by atoms with Gasteiger partial charge in [0.25, 0.3) is 5.56 Å². The predicted molar refractivity (Wildman–Crippen MR) is 63.7 cm³/mol. The van der Waals surface area contributed by atoms with Crippen molar-refractivity contribution in [3.63, 3.8) is 0 Å². The third-order valence-electron chi connectivity index (χ3n) is 3.35. The highest BCUT2D eigenvalue weighted by Crippen LogP contribution is 2.31. The minimum absolute atomic E-state index is 0.0650. The number of imidazole rings is 1. The molecule has 0 spiro atoms. The Morgan fingerprint density at radius 2 is 2.15 bits per heavy atom. The second-order valence-electron chi connectivity index (χ2n) is 4.57. The number of aromatic nitrogens is 5. The maximum atomic E-state index is 11.6. The number of aryl methyl sites for hydroxylation is 1. The molecule has 10 heteroatoms. The van der Waals surface area contributed by atoms with Crippen molar-refractivity contribution in [1.82, 2.24) is 25.0 Å². The molecule has 0 bridgehead atoms. The lowest BCUT2D eigenvalue weighted by Crippen LogP contribution is -2.33. The number of hydrogen-bond donors (Lipinski definition) is 4. The molecule has 0 aliphatic carbocycles. The van der Waals surface area contributed by atoms with E-state index in [9.17, 15) is 15.0 Å². The summed E-state index contributed by atoms with van der Waals surface area (Å²) in [7, 11) is 0. The van der Waals surface area contributed by atoms with Crippen LogP contribution in [0.5, 0.6) is 0 Å². The van der Waals surface area contributed by atoms with Crippen molar-refractivity contribution in [2.24, 2.45) is 0 Å². The Labute approximate surface area is 111 Å². The zero-order valence-corrected chi connectivity index (χ0v) is 10.5. The molecule has 20 heavy (non-hydrogen) atoms. The van der Waals surface area contributed by atoms with Crippen LogP contribution >= 0.6 is 0 Å². The van der Waals surface area contributed by atoms with Gasteiger partial charge < -0.3 is 20.1 Å². The van der Waals surface area contributed by atoms with Crippen molar-refractivity contribution in [3.8, 4) is 0 Å². The van der Waals surface area contributed by atoms with Crippen molar-refractivity contribution in [3.05, 3.63) is 16.2 Å². The molecule has 2 aromatic heterocycles. The summed E-state index contributed by atoms with van der Waals surface area (Å²) in [6.07, 6.45) is -4.42. The average Bonchev–Trinajstić information content (AvgIpc) is 2.90. The van der Waals surface area contributed by atoms with Crippen molar-refractivity contribution < 1.29 is 20.1 Å². The van der Waals surface area contributed by atoms with E-state index < -0.39 is 36.7 Å². The highest BCUT2D eigenvalue weighted by molar-refractivity contribution is 5.69. The number of rotatable bonds is 2. The third-order valence-corrected chi connectivity index (χ3v) is 3.35. The van der Waals surface area contributed by atoms with Crippen LogP contribution in [-0.2, 0) is 4.74 Å². The van der Waals surface area contributed by atoms with Gasteiger partial charge in [-0.2, -0.15) is 0 Å². The summed E-state index contributed by atoms with van der Waals surface area (Å²) in [5, 5.41) is 38.3. The highest BCUT2D eigenvalue weighted by atomic mass is 16.6. The number of ether oxygens (including phenoxy) is 1. The molecule has 1 fully saturated rings. The number of hydrogen-bond acceptors (Lipinski definition) is 8. The smallest absolute Gasteiger partial charge is 0.295 e. The molecule has 0 amide bonds. The fraction of sp³-hybridized carbons (Fsp3) is 0.600. The van der Waals surface area contributed by atoms with E-state index in [0.29, 0.717) is 5.82 Å². The Morgan fingerprint density at radius 3 is 2.80 bits per heavy atom. The van der Waals surface area contributed by atoms with Gasteiger partial charge in [-0.1, -0.05) is 5.21 Å². The molecule has 4 N–H and O–H groups in total. The Kier molecular flexibility index (Phi) is 3.01. The van der Waals surface area contributed by atoms with Crippen LogP contribution in [0.3, 0.4) is 0 Å². The molecular formula is C10H13N5O5. The first-order valence-electron chi connectivity index (χ1n) is 5.97. The second-order valence-corrected chi connectivity index (χ2v) is 4.57. The molecule has 0 radical (unpaired) electrons. The molecule has 1 saturated heterocycles. The Hall–Kier alpha value is -1.88. The van der Waals surface area contributed by atoms with Crippen molar-refractivity contribution >= 4 is 11.2 Å². The molecule has 2 aromatic rings. The van der Waals surface area contributed by atoms with E-state index in [4.69, 9.17) is 9.84 Å². The van der Waals surface area contributed by atoms with E-state index >= 15 is 0 Å². The van der Waals surface area contributed by atoms with Gasteiger partial charge in [-0.15, -0.1) is 5.10 Å². The summed E-state index contributed by atoms with van der Waals surface area (Å²) in [5.41, 5.74) is -0.306. The molecule has 1 aliphatic heterocycles. The summed E-state index contributed by atoms with van der Waals surface area (Å²) in [4.78, 5) is 15.6. The maximum absolute atomic E-state index is 11.6. The second kappa shape index (κ2) is 4.59. The van der Waals surface area contributed by atoms with Gasteiger partial charge in [-0.3, -0.25) is 9.36 Å². The Balaban J connectivity index is 2.14. The summed E-state index contributed by atoms with van der Waals surface area (Å²) >= 11 is 0. The molecule has 108 valence electrons. The number of aliphatic hydroxyl groups excluding tert-OH is 3.